The molecule has 0 radical (unpaired) electrons. The smallest absolute Gasteiger partial charge is 0.417 e. The second kappa shape index (κ2) is 6.94. The molecule has 1 N–H and O–H groups in total. The Morgan fingerprint density at radius 3 is 2.36 bits per heavy atom. The normalized spacial score (nSPS) is 17.4. The topological polar surface area (TPSA) is 63.1 Å². The van der Waals surface area contributed by atoms with Crippen LogP contribution in [0.1, 0.15) is 16.7 Å². The molecule has 2 rings (SSSR count). The molecule has 1 aromatic rings. The van der Waals surface area contributed by atoms with E-state index in [1.165, 1.54) is 0 Å². The van der Waals surface area contributed by atoms with Gasteiger partial charge >= 0.3 is 12.4 Å². The quantitative estimate of drug-likeness (QED) is 0.494. The van der Waals surface area contributed by atoms with Crippen LogP contribution in [0.3, 0.4) is 0 Å². The van der Waals surface area contributed by atoms with Gasteiger partial charge in [0, 0.05) is 5.56 Å². The first-order valence-electron chi connectivity index (χ1n) is 6.42. The maximum atomic E-state index is 13.1. The highest BCUT2D eigenvalue weighted by Gasteiger charge is 2.39. The van der Waals surface area contributed by atoms with Crippen molar-refractivity contribution < 1.29 is 35.9 Å². The zero-order chi connectivity index (χ0) is 18.8. The zero-order valence-corrected chi connectivity index (χ0v) is 13.1. The molecule has 25 heavy (non-hydrogen) atoms. The Hall–Kier alpha value is -2.24. The Balaban J connectivity index is 2.50. The summed E-state index contributed by atoms with van der Waals surface area (Å²) >= 11 is 0.984. The summed E-state index contributed by atoms with van der Waals surface area (Å²) in [5.74, 6) is -0.914. The number of methoxy groups -OCH3 is 1. The number of benzene rings is 1. The number of nitrogens with zero attached hydrogens (tertiary/aromatic N) is 2. The summed E-state index contributed by atoms with van der Waals surface area (Å²) in [6.45, 7) is 0. The molecule has 1 fully saturated rings. The Labute approximate surface area is 141 Å². The third-order valence-electron chi connectivity index (χ3n) is 2.92. The lowest BCUT2D eigenvalue weighted by Crippen LogP contribution is -2.19. The molecule has 0 unspecified atom stereocenters. The van der Waals surface area contributed by atoms with E-state index in [9.17, 15) is 31.1 Å². The molecule has 1 aliphatic rings. The highest BCUT2D eigenvalue weighted by molar-refractivity contribution is 8.15. The Morgan fingerprint density at radius 1 is 1.20 bits per heavy atom. The van der Waals surface area contributed by atoms with Gasteiger partial charge in [0.25, 0.3) is 0 Å². The molecule has 1 heterocycles. The van der Waals surface area contributed by atoms with E-state index in [1.54, 1.807) is 0 Å². The van der Waals surface area contributed by atoms with Crippen molar-refractivity contribution in [3.05, 3.63) is 28.8 Å². The van der Waals surface area contributed by atoms with Gasteiger partial charge in [0.15, 0.2) is 5.17 Å². The first-order valence-corrected chi connectivity index (χ1v) is 7.41. The number of alkyl halides is 6. The average molecular weight is 385 g/mol. The SMILES string of the molecule is COc1cc(C(F)(F)F)cc(C(F)(F)F)c1C=NN=C1NC(=O)CS1. The van der Waals surface area contributed by atoms with Crippen molar-refractivity contribution in [1.29, 1.82) is 0 Å². The van der Waals surface area contributed by atoms with Crippen LogP contribution in [-0.2, 0) is 17.1 Å². The van der Waals surface area contributed by atoms with Crippen LogP contribution in [0.2, 0.25) is 0 Å². The third kappa shape index (κ3) is 4.65. The Kier molecular flexibility index (Phi) is 5.30. The fourth-order valence-corrected chi connectivity index (χ4v) is 2.48. The number of amides is 1. The molecule has 0 saturated carbocycles. The molecule has 5 nitrogen and oxygen atoms in total. The number of amidine groups is 1. The van der Waals surface area contributed by atoms with Crippen molar-refractivity contribution in [2.24, 2.45) is 10.2 Å². The average Bonchev–Trinajstić information content (AvgIpc) is 2.90. The van der Waals surface area contributed by atoms with Crippen molar-refractivity contribution in [2.75, 3.05) is 12.9 Å². The second-order valence-corrected chi connectivity index (χ2v) is 5.59. The molecule has 0 aliphatic carbocycles. The molecule has 0 aromatic heterocycles. The lowest BCUT2D eigenvalue weighted by Gasteiger charge is -2.16. The summed E-state index contributed by atoms with van der Waals surface area (Å²) in [7, 11) is 0.936. The van der Waals surface area contributed by atoms with E-state index in [-0.39, 0.29) is 22.9 Å². The van der Waals surface area contributed by atoms with E-state index in [4.69, 9.17) is 0 Å². The molecule has 136 valence electrons. The molecule has 0 atom stereocenters. The Morgan fingerprint density at radius 2 is 1.88 bits per heavy atom. The van der Waals surface area contributed by atoms with E-state index >= 15 is 0 Å². The Bertz CT molecular complexity index is 743. The van der Waals surface area contributed by atoms with Crippen molar-refractivity contribution in [3.63, 3.8) is 0 Å². The predicted octanol–water partition coefficient (Wildman–Crippen LogP) is 3.29. The molecular formula is C13H9F6N3O2S. The van der Waals surface area contributed by atoms with Crippen molar-refractivity contribution >= 4 is 29.1 Å². The maximum absolute atomic E-state index is 13.1. The standard InChI is InChI=1S/C13H9F6N3O2S/c1-24-9-3-6(12(14,15)16)2-8(13(17,18)19)7(9)4-20-22-11-21-10(23)5-25-11/h2-4H,5H2,1H3,(H,21,22,23). The molecule has 1 aromatic carbocycles. The van der Waals surface area contributed by atoms with Gasteiger partial charge in [0.1, 0.15) is 5.75 Å². The largest absolute Gasteiger partial charge is 0.496 e. The van der Waals surface area contributed by atoms with Crippen LogP contribution >= 0.6 is 11.8 Å². The van der Waals surface area contributed by atoms with Crippen molar-refractivity contribution in [2.45, 2.75) is 12.4 Å². The van der Waals surface area contributed by atoms with Crippen LogP contribution in [0.25, 0.3) is 0 Å². The molecule has 0 spiro atoms. The lowest BCUT2D eigenvalue weighted by atomic mass is 10.0. The van der Waals surface area contributed by atoms with Crippen LogP contribution in [0.4, 0.5) is 26.3 Å². The maximum Gasteiger partial charge on any atom is 0.417 e. The highest BCUT2D eigenvalue weighted by atomic mass is 32.2. The predicted molar refractivity (Wildman–Crippen MR) is 78.6 cm³/mol. The van der Waals surface area contributed by atoms with Crippen LogP contribution in [0.5, 0.6) is 5.75 Å². The zero-order valence-electron chi connectivity index (χ0n) is 12.3. The minimum absolute atomic E-state index is 0.0247. The van der Waals surface area contributed by atoms with E-state index in [0.717, 1.165) is 18.9 Å². The molecule has 0 bridgehead atoms. The molecule has 1 amide bonds. The van der Waals surface area contributed by atoms with Gasteiger partial charge in [0.05, 0.1) is 30.2 Å². The summed E-state index contributed by atoms with van der Waals surface area (Å²) in [5, 5.41) is 9.28. The van der Waals surface area contributed by atoms with Crippen LogP contribution in [-0.4, -0.2) is 30.2 Å². The van der Waals surface area contributed by atoms with Gasteiger partial charge < -0.3 is 10.1 Å². The van der Waals surface area contributed by atoms with E-state index in [1.807, 2.05) is 0 Å². The number of thioether (sulfide) groups is 1. The van der Waals surface area contributed by atoms with E-state index in [0.29, 0.717) is 12.3 Å². The number of carbonyl (C=O) groups excluding carboxylic acids is 1. The molecule has 12 heteroatoms. The fraction of sp³-hybridized carbons (Fsp3) is 0.308. The highest BCUT2D eigenvalue weighted by Crippen LogP contribution is 2.40. The molecule has 1 aliphatic heterocycles. The monoisotopic (exact) mass is 385 g/mol. The summed E-state index contributed by atoms with van der Waals surface area (Å²) in [6.07, 6.45) is -9.42. The van der Waals surface area contributed by atoms with E-state index < -0.39 is 34.8 Å². The number of ether oxygens (including phenoxy) is 1. The second-order valence-electron chi connectivity index (χ2n) is 4.62. The third-order valence-corrected chi connectivity index (χ3v) is 3.78. The van der Waals surface area contributed by atoms with Gasteiger partial charge in [-0.1, -0.05) is 11.8 Å². The number of carbonyl (C=O) groups is 1. The van der Waals surface area contributed by atoms with Gasteiger partial charge in [-0.25, -0.2) is 0 Å². The van der Waals surface area contributed by atoms with Gasteiger partial charge in [0.2, 0.25) is 5.91 Å². The summed E-state index contributed by atoms with van der Waals surface area (Å²) in [5.41, 5.74) is -3.77. The number of nitrogens with one attached hydrogen (secondary N) is 1. The van der Waals surface area contributed by atoms with Crippen LogP contribution < -0.4 is 10.1 Å². The van der Waals surface area contributed by atoms with Crippen LogP contribution in [0.15, 0.2) is 22.3 Å². The number of halogens is 6. The lowest BCUT2D eigenvalue weighted by molar-refractivity contribution is -0.143. The molecular weight excluding hydrogens is 376 g/mol. The van der Waals surface area contributed by atoms with Gasteiger partial charge in [-0.3, -0.25) is 4.79 Å². The molecule has 1 saturated heterocycles. The summed E-state index contributed by atoms with van der Waals surface area (Å²) in [4.78, 5) is 11.0. The number of rotatable bonds is 3. The van der Waals surface area contributed by atoms with Crippen molar-refractivity contribution in [3.8, 4) is 5.75 Å². The summed E-state index contributed by atoms with van der Waals surface area (Å²) in [6, 6.07) is 0.416. The minimum Gasteiger partial charge on any atom is -0.496 e. The van der Waals surface area contributed by atoms with Crippen LogP contribution in [0, 0.1) is 0 Å². The first kappa shape index (κ1) is 19.1. The van der Waals surface area contributed by atoms with E-state index in [2.05, 4.69) is 20.3 Å². The minimum atomic E-state index is -5.07. The number of hydrogen-bond donors (Lipinski definition) is 1. The first-order chi connectivity index (χ1) is 11.5. The fourth-order valence-electron chi connectivity index (χ4n) is 1.85. The van der Waals surface area contributed by atoms with Crippen molar-refractivity contribution in [1.82, 2.24) is 5.32 Å². The van der Waals surface area contributed by atoms with Gasteiger partial charge in [-0.05, 0) is 12.1 Å². The number of hydrogen-bond acceptors (Lipinski definition) is 5. The van der Waals surface area contributed by atoms with Gasteiger partial charge in [-0.2, -0.15) is 31.4 Å². The van der Waals surface area contributed by atoms with Gasteiger partial charge in [-0.15, -0.1) is 5.10 Å². The summed E-state index contributed by atoms with van der Waals surface area (Å²) < 4.78 is 82.4.